The van der Waals surface area contributed by atoms with Gasteiger partial charge in [0.2, 0.25) is 0 Å². The minimum Gasteiger partial charge on any atom is -0.345 e. The first-order valence-electron chi connectivity index (χ1n) is 4.36. The Morgan fingerprint density at radius 1 is 1.43 bits per heavy atom. The molecule has 74 valence electrons. The molecular weight excluding hydrogens is 263 g/mol. The van der Waals surface area contributed by atoms with E-state index in [0.717, 1.165) is 21.6 Å². The SMILES string of the molecule is NCCn1cc(Br)c2ccc(Cl)cc21. The molecule has 0 aliphatic rings. The molecule has 4 heteroatoms. The number of benzene rings is 1. The van der Waals surface area contributed by atoms with E-state index in [2.05, 4.69) is 20.5 Å². The smallest absolute Gasteiger partial charge is 0.0507 e. The van der Waals surface area contributed by atoms with Gasteiger partial charge in [0, 0.05) is 34.2 Å². The van der Waals surface area contributed by atoms with Crippen LogP contribution in [0.1, 0.15) is 0 Å². The third-order valence-electron chi connectivity index (χ3n) is 2.17. The fourth-order valence-electron chi connectivity index (χ4n) is 1.54. The molecule has 0 amide bonds. The monoisotopic (exact) mass is 272 g/mol. The summed E-state index contributed by atoms with van der Waals surface area (Å²) in [5.74, 6) is 0. The van der Waals surface area contributed by atoms with Crippen molar-refractivity contribution in [3.05, 3.63) is 33.9 Å². The number of rotatable bonds is 2. The van der Waals surface area contributed by atoms with Crippen LogP contribution in [0.15, 0.2) is 28.9 Å². The zero-order valence-electron chi connectivity index (χ0n) is 7.50. The summed E-state index contributed by atoms with van der Waals surface area (Å²) in [5, 5.41) is 1.92. The zero-order chi connectivity index (χ0) is 10.1. The van der Waals surface area contributed by atoms with Gasteiger partial charge >= 0.3 is 0 Å². The molecule has 1 heterocycles. The lowest BCUT2D eigenvalue weighted by Crippen LogP contribution is -2.08. The lowest BCUT2D eigenvalue weighted by molar-refractivity contribution is 0.734. The molecule has 0 saturated heterocycles. The van der Waals surface area contributed by atoms with Crippen LogP contribution in [0, 0.1) is 0 Å². The van der Waals surface area contributed by atoms with Crippen LogP contribution < -0.4 is 5.73 Å². The zero-order valence-corrected chi connectivity index (χ0v) is 9.85. The highest BCUT2D eigenvalue weighted by atomic mass is 79.9. The van der Waals surface area contributed by atoms with E-state index in [1.807, 2.05) is 24.4 Å². The summed E-state index contributed by atoms with van der Waals surface area (Å²) >= 11 is 9.45. The largest absolute Gasteiger partial charge is 0.345 e. The van der Waals surface area contributed by atoms with E-state index in [9.17, 15) is 0 Å². The van der Waals surface area contributed by atoms with Crippen molar-refractivity contribution in [3.63, 3.8) is 0 Å². The Hall–Kier alpha value is -0.510. The van der Waals surface area contributed by atoms with Gasteiger partial charge < -0.3 is 10.3 Å². The average Bonchev–Trinajstić information content (AvgIpc) is 2.44. The van der Waals surface area contributed by atoms with Gasteiger partial charge in [-0.3, -0.25) is 0 Å². The van der Waals surface area contributed by atoms with Crippen molar-refractivity contribution in [2.75, 3.05) is 6.54 Å². The standard InChI is InChI=1S/C10H10BrClN2/c11-9-6-14(4-3-13)10-5-7(12)1-2-8(9)10/h1-2,5-6H,3-4,13H2. The molecule has 0 atom stereocenters. The molecule has 1 aromatic carbocycles. The molecule has 2 rings (SSSR count). The normalized spacial score (nSPS) is 11.1. The second kappa shape index (κ2) is 3.93. The summed E-state index contributed by atoms with van der Waals surface area (Å²) in [6, 6.07) is 5.85. The Labute approximate surface area is 95.8 Å². The second-order valence-corrected chi connectivity index (χ2v) is 4.41. The Bertz CT molecular complexity index is 464. The Balaban J connectivity index is 2.66. The van der Waals surface area contributed by atoms with Crippen LogP contribution in [-0.4, -0.2) is 11.1 Å². The Morgan fingerprint density at radius 3 is 2.93 bits per heavy atom. The highest BCUT2D eigenvalue weighted by Gasteiger charge is 2.05. The highest BCUT2D eigenvalue weighted by molar-refractivity contribution is 9.10. The van der Waals surface area contributed by atoms with Gasteiger partial charge in [0.15, 0.2) is 0 Å². The van der Waals surface area contributed by atoms with Gasteiger partial charge in [-0.25, -0.2) is 0 Å². The minimum absolute atomic E-state index is 0.628. The maximum absolute atomic E-state index is 5.94. The molecular formula is C10H10BrClN2. The highest BCUT2D eigenvalue weighted by Crippen LogP contribution is 2.28. The maximum Gasteiger partial charge on any atom is 0.0507 e. The number of nitrogens with two attached hydrogens (primary N) is 1. The topological polar surface area (TPSA) is 30.9 Å². The number of hydrogen-bond donors (Lipinski definition) is 1. The van der Waals surface area contributed by atoms with Crippen molar-refractivity contribution in [1.82, 2.24) is 4.57 Å². The third kappa shape index (κ3) is 1.67. The van der Waals surface area contributed by atoms with Crippen molar-refractivity contribution >= 4 is 38.4 Å². The van der Waals surface area contributed by atoms with Crippen molar-refractivity contribution in [2.24, 2.45) is 5.73 Å². The molecule has 0 bridgehead atoms. The molecule has 2 N–H and O–H groups in total. The van der Waals surface area contributed by atoms with Gasteiger partial charge in [-0.05, 0) is 28.1 Å². The van der Waals surface area contributed by atoms with E-state index in [1.165, 1.54) is 5.39 Å². The third-order valence-corrected chi connectivity index (χ3v) is 3.03. The van der Waals surface area contributed by atoms with Crippen LogP contribution in [0.3, 0.4) is 0 Å². The van der Waals surface area contributed by atoms with Gasteiger partial charge in [-0.2, -0.15) is 0 Å². The van der Waals surface area contributed by atoms with Crippen molar-refractivity contribution in [1.29, 1.82) is 0 Å². The first-order chi connectivity index (χ1) is 6.72. The summed E-state index contributed by atoms with van der Waals surface area (Å²) in [5.41, 5.74) is 6.65. The number of aromatic nitrogens is 1. The average molecular weight is 274 g/mol. The summed E-state index contributed by atoms with van der Waals surface area (Å²) in [6.45, 7) is 1.44. The van der Waals surface area contributed by atoms with E-state index in [0.29, 0.717) is 6.54 Å². The van der Waals surface area contributed by atoms with Crippen LogP contribution in [0.4, 0.5) is 0 Å². The Morgan fingerprint density at radius 2 is 2.21 bits per heavy atom. The number of nitrogens with zero attached hydrogens (tertiary/aromatic N) is 1. The fourth-order valence-corrected chi connectivity index (χ4v) is 2.29. The molecule has 14 heavy (non-hydrogen) atoms. The quantitative estimate of drug-likeness (QED) is 0.896. The number of hydrogen-bond acceptors (Lipinski definition) is 1. The van der Waals surface area contributed by atoms with E-state index >= 15 is 0 Å². The molecule has 0 unspecified atom stereocenters. The second-order valence-electron chi connectivity index (χ2n) is 3.12. The van der Waals surface area contributed by atoms with Crippen LogP contribution in [0.5, 0.6) is 0 Å². The molecule has 0 saturated carbocycles. The molecule has 0 spiro atoms. The first-order valence-corrected chi connectivity index (χ1v) is 5.53. The first kappa shape index (κ1) is 10.0. The van der Waals surface area contributed by atoms with Crippen LogP contribution >= 0.6 is 27.5 Å². The predicted octanol–water partition coefficient (Wildman–Crippen LogP) is 3.02. The van der Waals surface area contributed by atoms with Gasteiger partial charge in [-0.15, -0.1) is 0 Å². The fraction of sp³-hybridized carbons (Fsp3) is 0.200. The van der Waals surface area contributed by atoms with Gasteiger partial charge in [0.1, 0.15) is 0 Å². The van der Waals surface area contributed by atoms with Gasteiger partial charge in [-0.1, -0.05) is 17.7 Å². The molecule has 0 radical (unpaired) electrons. The molecule has 2 nitrogen and oxygen atoms in total. The predicted molar refractivity (Wildman–Crippen MR) is 63.7 cm³/mol. The van der Waals surface area contributed by atoms with Crippen molar-refractivity contribution in [3.8, 4) is 0 Å². The molecule has 0 fully saturated rings. The van der Waals surface area contributed by atoms with Crippen molar-refractivity contribution in [2.45, 2.75) is 6.54 Å². The summed E-state index contributed by atoms with van der Waals surface area (Å²) < 4.78 is 3.18. The lowest BCUT2D eigenvalue weighted by Gasteiger charge is -2.02. The van der Waals surface area contributed by atoms with E-state index < -0.39 is 0 Å². The van der Waals surface area contributed by atoms with E-state index in [-0.39, 0.29) is 0 Å². The van der Waals surface area contributed by atoms with E-state index in [4.69, 9.17) is 17.3 Å². The Kier molecular flexibility index (Phi) is 2.81. The maximum atomic E-state index is 5.94. The lowest BCUT2D eigenvalue weighted by atomic mass is 10.2. The van der Waals surface area contributed by atoms with Gasteiger partial charge in [0.25, 0.3) is 0 Å². The van der Waals surface area contributed by atoms with Crippen molar-refractivity contribution < 1.29 is 0 Å². The number of halogens is 2. The number of fused-ring (bicyclic) bond motifs is 1. The van der Waals surface area contributed by atoms with Gasteiger partial charge in [0.05, 0.1) is 5.52 Å². The molecule has 0 aliphatic carbocycles. The van der Waals surface area contributed by atoms with Crippen LogP contribution in [0.2, 0.25) is 5.02 Å². The molecule has 0 aliphatic heterocycles. The minimum atomic E-state index is 0.628. The van der Waals surface area contributed by atoms with Crippen LogP contribution in [0.25, 0.3) is 10.9 Å². The molecule has 1 aromatic heterocycles. The van der Waals surface area contributed by atoms with Crippen LogP contribution in [-0.2, 0) is 6.54 Å². The molecule has 2 aromatic rings. The summed E-state index contributed by atoms with van der Waals surface area (Å²) in [6.07, 6.45) is 2.04. The summed E-state index contributed by atoms with van der Waals surface area (Å²) in [4.78, 5) is 0. The van der Waals surface area contributed by atoms with E-state index in [1.54, 1.807) is 0 Å². The summed E-state index contributed by atoms with van der Waals surface area (Å²) in [7, 11) is 0.